The Balaban J connectivity index is 1.59. The molecule has 166 valence electrons. The molecular formula is C26H28N2O4. The van der Waals surface area contributed by atoms with Gasteiger partial charge >= 0.3 is 5.97 Å². The molecule has 0 saturated carbocycles. The van der Waals surface area contributed by atoms with Gasteiger partial charge in [0.2, 0.25) is 0 Å². The molecule has 5 N–H and O–H groups in total. The molecule has 3 rings (SSSR count). The number of nitrogens with two attached hydrogens (primary N) is 1. The highest BCUT2D eigenvalue weighted by Crippen LogP contribution is 2.19. The van der Waals surface area contributed by atoms with E-state index in [9.17, 15) is 19.8 Å². The van der Waals surface area contributed by atoms with Gasteiger partial charge in [0.25, 0.3) is 5.91 Å². The highest BCUT2D eigenvalue weighted by molar-refractivity contribution is 5.97. The summed E-state index contributed by atoms with van der Waals surface area (Å²) in [6, 6.07) is 20.7. The molecule has 1 amide bonds. The first-order chi connectivity index (χ1) is 15.4. The number of carbonyl (C=O) groups excluding carboxylic acids is 1. The number of rotatable bonds is 10. The lowest BCUT2D eigenvalue weighted by atomic mass is 10.00. The van der Waals surface area contributed by atoms with Crippen LogP contribution in [0.3, 0.4) is 0 Å². The largest absolute Gasteiger partial charge is 0.508 e. The Bertz CT molecular complexity index is 1050. The van der Waals surface area contributed by atoms with Crippen LogP contribution in [0.1, 0.15) is 39.9 Å². The van der Waals surface area contributed by atoms with Crippen LogP contribution in [0.25, 0.3) is 0 Å². The number of nitrogen functional groups attached to an aromatic ring is 1. The molecule has 3 aromatic rings. The van der Waals surface area contributed by atoms with Crippen LogP contribution in [-0.2, 0) is 24.1 Å². The summed E-state index contributed by atoms with van der Waals surface area (Å²) in [6.45, 7) is 0. The fraction of sp³-hybridized carbons (Fsp3) is 0.231. The SMILES string of the molecule is Nc1ccc(C(=O)NC(CCc2ccccc2)C(=O)O)cc1CCCc1ccc(O)cc1. The van der Waals surface area contributed by atoms with E-state index in [2.05, 4.69) is 5.32 Å². The Labute approximate surface area is 187 Å². The monoisotopic (exact) mass is 432 g/mol. The molecule has 0 heterocycles. The van der Waals surface area contributed by atoms with Gasteiger partial charge in [-0.3, -0.25) is 4.79 Å². The number of hydrogen-bond acceptors (Lipinski definition) is 4. The summed E-state index contributed by atoms with van der Waals surface area (Å²) in [5.41, 5.74) is 10.1. The van der Waals surface area contributed by atoms with E-state index in [0.29, 0.717) is 30.5 Å². The molecule has 0 bridgehead atoms. The summed E-state index contributed by atoms with van der Waals surface area (Å²) in [5.74, 6) is -1.25. The number of carboxylic acids is 1. The van der Waals surface area contributed by atoms with Crippen LogP contribution in [0.15, 0.2) is 72.8 Å². The second-order valence-corrected chi connectivity index (χ2v) is 7.82. The molecule has 1 unspecified atom stereocenters. The molecule has 3 aromatic carbocycles. The van der Waals surface area contributed by atoms with Gasteiger partial charge in [0, 0.05) is 11.3 Å². The van der Waals surface area contributed by atoms with E-state index in [1.165, 1.54) is 0 Å². The van der Waals surface area contributed by atoms with E-state index < -0.39 is 17.9 Å². The highest BCUT2D eigenvalue weighted by atomic mass is 16.4. The minimum Gasteiger partial charge on any atom is -0.508 e. The van der Waals surface area contributed by atoms with Gasteiger partial charge in [-0.05, 0) is 79.1 Å². The zero-order chi connectivity index (χ0) is 22.9. The van der Waals surface area contributed by atoms with Crippen molar-refractivity contribution in [2.75, 3.05) is 5.73 Å². The third kappa shape index (κ3) is 6.60. The number of amides is 1. The Morgan fingerprint density at radius 2 is 1.56 bits per heavy atom. The van der Waals surface area contributed by atoms with E-state index in [1.807, 2.05) is 42.5 Å². The Morgan fingerprint density at radius 1 is 0.875 bits per heavy atom. The number of nitrogens with one attached hydrogen (secondary N) is 1. The van der Waals surface area contributed by atoms with Crippen molar-refractivity contribution in [2.24, 2.45) is 0 Å². The van der Waals surface area contributed by atoms with Crippen molar-refractivity contribution in [3.05, 3.63) is 95.1 Å². The van der Waals surface area contributed by atoms with Gasteiger partial charge in [0.1, 0.15) is 11.8 Å². The average Bonchev–Trinajstić information content (AvgIpc) is 2.79. The van der Waals surface area contributed by atoms with Gasteiger partial charge in [-0.15, -0.1) is 0 Å². The van der Waals surface area contributed by atoms with Gasteiger partial charge in [-0.1, -0.05) is 42.5 Å². The molecule has 0 aliphatic heterocycles. The molecule has 0 spiro atoms. The predicted octanol–water partition coefficient (Wildman–Crippen LogP) is 3.97. The maximum Gasteiger partial charge on any atom is 0.326 e. The lowest BCUT2D eigenvalue weighted by molar-refractivity contribution is -0.139. The number of hydrogen-bond donors (Lipinski definition) is 4. The number of phenolic OH excluding ortho intramolecular Hbond substituents is 1. The van der Waals surface area contributed by atoms with E-state index >= 15 is 0 Å². The minimum absolute atomic E-state index is 0.236. The van der Waals surface area contributed by atoms with E-state index in [4.69, 9.17) is 5.73 Å². The maximum atomic E-state index is 12.7. The summed E-state index contributed by atoms with van der Waals surface area (Å²) < 4.78 is 0. The Kier molecular flexibility index (Phi) is 7.86. The van der Waals surface area contributed by atoms with Crippen molar-refractivity contribution in [3.8, 4) is 5.75 Å². The molecular weight excluding hydrogens is 404 g/mol. The number of phenols is 1. The second kappa shape index (κ2) is 11.0. The smallest absolute Gasteiger partial charge is 0.326 e. The van der Waals surface area contributed by atoms with Crippen LogP contribution in [0.5, 0.6) is 5.75 Å². The first-order valence-electron chi connectivity index (χ1n) is 10.7. The Hall–Kier alpha value is -3.80. The predicted molar refractivity (Wildman–Crippen MR) is 125 cm³/mol. The quantitative estimate of drug-likeness (QED) is 0.362. The first-order valence-corrected chi connectivity index (χ1v) is 10.7. The van der Waals surface area contributed by atoms with Crippen molar-refractivity contribution >= 4 is 17.6 Å². The fourth-order valence-electron chi connectivity index (χ4n) is 3.56. The molecule has 0 radical (unpaired) electrons. The molecule has 32 heavy (non-hydrogen) atoms. The van der Waals surface area contributed by atoms with Crippen LogP contribution in [0, 0.1) is 0 Å². The third-order valence-corrected chi connectivity index (χ3v) is 5.42. The number of aromatic hydroxyl groups is 1. The number of carbonyl (C=O) groups is 2. The Morgan fingerprint density at radius 3 is 2.25 bits per heavy atom. The fourth-order valence-corrected chi connectivity index (χ4v) is 3.56. The molecule has 0 aliphatic rings. The van der Waals surface area contributed by atoms with Crippen LogP contribution < -0.4 is 11.1 Å². The van der Waals surface area contributed by atoms with Gasteiger partial charge in [-0.2, -0.15) is 0 Å². The molecule has 1 atom stereocenters. The summed E-state index contributed by atoms with van der Waals surface area (Å²) in [4.78, 5) is 24.4. The van der Waals surface area contributed by atoms with Crippen molar-refractivity contribution in [1.82, 2.24) is 5.32 Å². The standard InChI is InChI=1S/C26H28N2O4/c27-23-15-12-21(17-20(23)8-4-7-19-9-13-22(29)14-10-19)25(30)28-24(26(31)32)16-11-18-5-2-1-3-6-18/h1-3,5-6,9-10,12-15,17,24,29H,4,7-8,11,16,27H2,(H,28,30)(H,31,32). The topological polar surface area (TPSA) is 113 Å². The van der Waals surface area contributed by atoms with Crippen LogP contribution in [0.2, 0.25) is 0 Å². The van der Waals surface area contributed by atoms with Gasteiger partial charge in [0.05, 0.1) is 0 Å². The molecule has 0 aliphatic carbocycles. The molecule has 0 saturated heterocycles. The van der Waals surface area contributed by atoms with E-state index in [0.717, 1.165) is 29.5 Å². The number of aryl methyl sites for hydroxylation is 3. The second-order valence-electron chi connectivity index (χ2n) is 7.82. The van der Waals surface area contributed by atoms with Crippen molar-refractivity contribution in [3.63, 3.8) is 0 Å². The summed E-state index contributed by atoms with van der Waals surface area (Å²) in [7, 11) is 0. The van der Waals surface area contributed by atoms with Gasteiger partial charge in [-0.25, -0.2) is 4.79 Å². The average molecular weight is 433 g/mol. The van der Waals surface area contributed by atoms with Crippen LogP contribution in [0.4, 0.5) is 5.69 Å². The first kappa shape index (κ1) is 22.9. The van der Waals surface area contributed by atoms with Gasteiger partial charge in [0.15, 0.2) is 0 Å². The lowest BCUT2D eigenvalue weighted by Gasteiger charge is -2.15. The maximum absolute atomic E-state index is 12.7. The zero-order valence-corrected chi connectivity index (χ0v) is 17.8. The molecule has 6 heteroatoms. The van der Waals surface area contributed by atoms with E-state index in [-0.39, 0.29) is 5.75 Å². The molecule has 0 fully saturated rings. The van der Waals surface area contributed by atoms with Crippen LogP contribution >= 0.6 is 0 Å². The molecule has 0 aromatic heterocycles. The number of carboxylic acid groups (broad SMARTS) is 1. The van der Waals surface area contributed by atoms with Crippen molar-refractivity contribution in [1.29, 1.82) is 0 Å². The number of benzene rings is 3. The zero-order valence-electron chi connectivity index (χ0n) is 17.8. The highest BCUT2D eigenvalue weighted by Gasteiger charge is 2.21. The number of aliphatic carboxylic acids is 1. The van der Waals surface area contributed by atoms with Crippen LogP contribution in [-0.4, -0.2) is 28.1 Å². The summed E-state index contributed by atoms with van der Waals surface area (Å²) in [6.07, 6.45) is 3.19. The molecule has 6 nitrogen and oxygen atoms in total. The lowest BCUT2D eigenvalue weighted by Crippen LogP contribution is -2.41. The van der Waals surface area contributed by atoms with Crippen molar-refractivity contribution < 1.29 is 19.8 Å². The van der Waals surface area contributed by atoms with Crippen molar-refractivity contribution in [2.45, 2.75) is 38.1 Å². The normalized spacial score (nSPS) is 11.6. The third-order valence-electron chi connectivity index (χ3n) is 5.42. The van der Waals surface area contributed by atoms with E-state index in [1.54, 1.807) is 30.3 Å². The number of anilines is 1. The summed E-state index contributed by atoms with van der Waals surface area (Å²) >= 11 is 0. The van der Waals surface area contributed by atoms with Gasteiger partial charge < -0.3 is 21.3 Å². The summed E-state index contributed by atoms with van der Waals surface area (Å²) in [5, 5.41) is 21.5. The minimum atomic E-state index is -1.06.